The van der Waals surface area contributed by atoms with Gasteiger partial charge in [0, 0.05) is 29.4 Å². The Kier molecular flexibility index (Phi) is 4.75. The number of imidazole rings is 1. The Morgan fingerprint density at radius 2 is 1.69 bits per heavy atom. The van der Waals surface area contributed by atoms with Crippen molar-refractivity contribution in [3.63, 3.8) is 0 Å². The van der Waals surface area contributed by atoms with Gasteiger partial charge in [-0.25, -0.2) is 9.37 Å². The fourth-order valence-electron chi connectivity index (χ4n) is 2.51. The van der Waals surface area contributed by atoms with E-state index in [1.807, 2.05) is 47.2 Å². The molecule has 0 atom stereocenters. The molecule has 0 aliphatic carbocycles. The molecule has 0 saturated carbocycles. The normalized spacial score (nSPS) is 10.8. The molecule has 2 heterocycles. The summed E-state index contributed by atoms with van der Waals surface area (Å²) in [7, 11) is 0. The molecule has 128 valence electrons. The first-order chi connectivity index (χ1) is 12.8. The van der Waals surface area contributed by atoms with Crippen molar-refractivity contribution in [1.82, 2.24) is 19.7 Å². The second-order valence-corrected chi connectivity index (χ2v) is 6.68. The molecule has 26 heavy (non-hydrogen) atoms. The van der Waals surface area contributed by atoms with Crippen molar-refractivity contribution < 1.29 is 4.39 Å². The zero-order valence-corrected chi connectivity index (χ0v) is 14.6. The van der Waals surface area contributed by atoms with Crippen molar-refractivity contribution in [2.45, 2.75) is 10.8 Å². The minimum Gasteiger partial charge on any atom is -0.306 e. The summed E-state index contributed by atoms with van der Waals surface area (Å²) < 4.78 is 14.9. The summed E-state index contributed by atoms with van der Waals surface area (Å²) in [6.07, 6.45) is 5.42. The van der Waals surface area contributed by atoms with Gasteiger partial charge in [-0.1, -0.05) is 36.0 Å². The predicted octanol–water partition coefficient (Wildman–Crippen LogP) is 4.76. The quantitative estimate of drug-likeness (QED) is 0.480. The maximum atomic E-state index is 12.9. The van der Waals surface area contributed by atoms with Gasteiger partial charge in [0.05, 0.1) is 12.0 Å². The van der Waals surface area contributed by atoms with Gasteiger partial charge in [0.1, 0.15) is 10.8 Å². The van der Waals surface area contributed by atoms with Crippen molar-refractivity contribution in [1.29, 1.82) is 0 Å². The van der Waals surface area contributed by atoms with E-state index in [0.29, 0.717) is 0 Å². The Labute approximate surface area is 154 Å². The van der Waals surface area contributed by atoms with E-state index in [4.69, 9.17) is 0 Å². The van der Waals surface area contributed by atoms with Crippen LogP contribution in [0.4, 0.5) is 4.39 Å². The molecule has 4 aromatic rings. The van der Waals surface area contributed by atoms with Gasteiger partial charge < -0.3 is 4.57 Å². The largest absolute Gasteiger partial charge is 0.306 e. The average Bonchev–Trinajstić information content (AvgIpc) is 3.23. The van der Waals surface area contributed by atoms with E-state index in [1.165, 1.54) is 12.1 Å². The second-order valence-electron chi connectivity index (χ2n) is 5.69. The van der Waals surface area contributed by atoms with E-state index in [2.05, 4.69) is 15.2 Å². The molecule has 0 bridgehead atoms. The van der Waals surface area contributed by atoms with E-state index < -0.39 is 0 Å². The van der Waals surface area contributed by atoms with Crippen LogP contribution in [0.2, 0.25) is 0 Å². The number of hydrogen-bond donors (Lipinski definition) is 0. The molecule has 0 aliphatic heterocycles. The first kappa shape index (κ1) is 16.5. The van der Waals surface area contributed by atoms with E-state index in [1.54, 1.807) is 36.4 Å². The van der Waals surface area contributed by atoms with E-state index in [0.717, 1.165) is 33.3 Å². The number of aromatic nitrogens is 4. The monoisotopic (exact) mass is 362 g/mol. The molecular weight excluding hydrogens is 347 g/mol. The van der Waals surface area contributed by atoms with E-state index in [-0.39, 0.29) is 5.82 Å². The van der Waals surface area contributed by atoms with Gasteiger partial charge in [-0.3, -0.25) is 0 Å². The van der Waals surface area contributed by atoms with Gasteiger partial charge in [0.15, 0.2) is 0 Å². The van der Waals surface area contributed by atoms with Crippen LogP contribution in [0, 0.1) is 5.82 Å². The highest BCUT2D eigenvalue weighted by Crippen LogP contribution is 2.23. The number of thioether (sulfide) groups is 1. The zero-order valence-electron chi connectivity index (χ0n) is 13.8. The first-order valence-electron chi connectivity index (χ1n) is 8.08. The van der Waals surface area contributed by atoms with Gasteiger partial charge >= 0.3 is 0 Å². The summed E-state index contributed by atoms with van der Waals surface area (Å²) in [5.41, 5.74) is 3.94. The molecule has 0 spiro atoms. The van der Waals surface area contributed by atoms with Crippen LogP contribution >= 0.6 is 11.8 Å². The molecule has 2 aromatic carbocycles. The lowest BCUT2D eigenvalue weighted by Crippen LogP contribution is -1.92. The van der Waals surface area contributed by atoms with Crippen LogP contribution in [-0.2, 0) is 5.75 Å². The van der Waals surface area contributed by atoms with Crippen LogP contribution in [0.25, 0.3) is 16.9 Å². The van der Waals surface area contributed by atoms with E-state index >= 15 is 0 Å². The molecule has 0 saturated heterocycles. The summed E-state index contributed by atoms with van der Waals surface area (Å²) in [4.78, 5) is 4.05. The molecule has 4 nitrogen and oxygen atoms in total. The van der Waals surface area contributed by atoms with Crippen LogP contribution < -0.4 is 0 Å². The summed E-state index contributed by atoms with van der Waals surface area (Å²) >= 11 is 1.58. The Bertz CT molecular complexity index is 966. The molecule has 0 amide bonds. The van der Waals surface area contributed by atoms with Crippen LogP contribution in [0.1, 0.15) is 5.56 Å². The van der Waals surface area contributed by atoms with Crippen LogP contribution in [0.5, 0.6) is 0 Å². The number of halogens is 1. The average molecular weight is 362 g/mol. The third kappa shape index (κ3) is 3.81. The maximum Gasteiger partial charge on any atom is 0.123 e. The van der Waals surface area contributed by atoms with Crippen molar-refractivity contribution in [3.8, 4) is 16.9 Å². The molecule has 0 unspecified atom stereocenters. The Morgan fingerprint density at radius 3 is 2.35 bits per heavy atom. The summed E-state index contributed by atoms with van der Waals surface area (Å²) in [5, 5.41) is 9.44. The minimum absolute atomic E-state index is 0.220. The molecule has 0 fully saturated rings. The Morgan fingerprint density at radius 1 is 0.885 bits per heavy atom. The van der Waals surface area contributed by atoms with Gasteiger partial charge in [-0.2, -0.15) is 0 Å². The fraction of sp³-hybridized carbons (Fsp3) is 0.0500. The third-order valence-corrected chi connectivity index (χ3v) is 4.90. The lowest BCUT2D eigenvalue weighted by atomic mass is 10.1. The van der Waals surface area contributed by atoms with Gasteiger partial charge in [-0.05, 0) is 42.0 Å². The number of nitrogens with zero attached hydrogens (tertiary/aromatic N) is 4. The number of rotatable bonds is 5. The zero-order chi connectivity index (χ0) is 17.8. The fourth-order valence-corrected chi connectivity index (χ4v) is 3.27. The molecule has 4 rings (SSSR count). The van der Waals surface area contributed by atoms with Crippen LogP contribution in [0.3, 0.4) is 0 Å². The van der Waals surface area contributed by atoms with Crippen molar-refractivity contribution >= 4 is 11.8 Å². The molecule has 0 aliphatic rings. The highest BCUT2D eigenvalue weighted by Gasteiger charge is 2.04. The van der Waals surface area contributed by atoms with Gasteiger partial charge in [0.2, 0.25) is 0 Å². The van der Waals surface area contributed by atoms with Gasteiger partial charge in [0.25, 0.3) is 0 Å². The van der Waals surface area contributed by atoms with Crippen LogP contribution in [0.15, 0.2) is 84.4 Å². The van der Waals surface area contributed by atoms with Crippen molar-refractivity contribution in [2.75, 3.05) is 0 Å². The smallest absolute Gasteiger partial charge is 0.123 e. The molecule has 0 radical (unpaired) electrons. The SMILES string of the molecule is Fc1ccc(CSc2ccc(-c3ccc(-n4ccnc4)cc3)nn2)cc1. The highest BCUT2D eigenvalue weighted by molar-refractivity contribution is 7.98. The predicted molar refractivity (Wildman–Crippen MR) is 101 cm³/mol. The highest BCUT2D eigenvalue weighted by atomic mass is 32.2. The number of hydrogen-bond acceptors (Lipinski definition) is 4. The Balaban J connectivity index is 1.43. The summed E-state index contributed by atoms with van der Waals surface area (Å²) in [5.74, 6) is 0.510. The molecule has 2 aromatic heterocycles. The van der Waals surface area contributed by atoms with Crippen LogP contribution in [-0.4, -0.2) is 19.7 Å². The van der Waals surface area contributed by atoms with Crippen molar-refractivity contribution in [2.24, 2.45) is 0 Å². The lowest BCUT2D eigenvalue weighted by molar-refractivity contribution is 0.627. The van der Waals surface area contributed by atoms with E-state index in [9.17, 15) is 4.39 Å². The topological polar surface area (TPSA) is 43.6 Å². The number of benzene rings is 2. The maximum absolute atomic E-state index is 12.9. The summed E-state index contributed by atoms with van der Waals surface area (Å²) in [6.45, 7) is 0. The Hall–Kier alpha value is -2.99. The lowest BCUT2D eigenvalue weighted by Gasteiger charge is -2.05. The molecule has 6 heteroatoms. The standard InChI is InChI=1S/C20H15FN4S/c21-17-5-1-15(2-6-17)13-26-20-10-9-19(23-24-20)16-3-7-18(8-4-16)25-12-11-22-14-25/h1-12,14H,13H2. The first-order valence-corrected chi connectivity index (χ1v) is 9.06. The van der Waals surface area contributed by atoms with Gasteiger partial charge in [-0.15, -0.1) is 10.2 Å². The van der Waals surface area contributed by atoms with Crippen molar-refractivity contribution in [3.05, 3.63) is 90.8 Å². The molecular formula is C20H15FN4S. The third-order valence-electron chi connectivity index (χ3n) is 3.91. The summed E-state index contributed by atoms with van der Waals surface area (Å²) in [6, 6.07) is 18.5. The second kappa shape index (κ2) is 7.49. The molecule has 0 N–H and O–H groups in total. The minimum atomic E-state index is -0.220.